The summed E-state index contributed by atoms with van der Waals surface area (Å²) in [5.41, 5.74) is 1.47. The van der Waals surface area contributed by atoms with Crippen LogP contribution in [-0.2, 0) is 0 Å². The molecule has 0 atom stereocenters. The van der Waals surface area contributed by atoms with E-state index >= 15 is 0 Å². The van der Waals surface area contributed by atoms with Crippen molar-refractivity contribution in [2.75, 3.05) is 0 Å². The largest absolute Gasteiger partial charge is 0.236 e. The summed E-state index contributed by atoms with van der Waals surface area (Å²) in [6.45, 7) is 0. The summed E-state index contributed by atoms with van der Waals surface area (Å²) in [5.74, 6) is -0.461. The van der Waals surface area contributed by atoms with E-state index in [2.05, 4.69) is 20.1 Å². The molecule has 3 heterocycles. The van der Waals surface area contributed by atoms with Crippen LogP contribution in [0.2, 0.25) is 5.15 Å². The van der Waals surface area contributed by atoms with E-state index in [1.54, 1.807) is 12.3 Å². The molecule has 0 aliphatic rings. The summed E-state index contributed by atoms with van der Waals surface area (Å²) < 4.78 is 14.5. The van der Waals surface area contributed by atoms with Gasteiger partial charge >= 0.3 is 0 Å². The zero-order chi connectivity index (χ0) is 11.8. The predicted octanol–water partition coefficient (Wildman–Crippen LogP) is 1.98. The lowest BCUT2D eigenvalue weighted by molar-refractivity contribution is 0.636. The predicted molar refractivity (Wildman–Crippen MR) is 59.0 cm³/mol. The molecule has 3 aromatic rings. The minimum absolute atomic E-state index is 0.175. The molecule has 0 aliphatic heterocycles. The van der Waals surface area contributed by atoms with Gasteiger partial charge in [0, 0.05) is 24.0 Å². The molecule has 3 aromatic heterocycles. The maximum atomic E-state index is 13.2. The van der Waals surface area contributed by atoms with Gasteiger partial charge in [-0.25, -0.2) is 23.9 Å². The third kappa shape index (κ3) is 1.72. The van der Waals surface area contributed by atoms with Gasteiger partial charge in [-0.3, -0.25) is 0 Å². The second-order valence-corrected chi connectivity index (χ2v) is 3.72. The Balaban J connectivity index is 2.18. The second kappa shape index (κ2) is 3.74. The van der Waals surface area contributed by atoms with Crippen molar-refractivity contribution in [3.05, 3.63) is 42.0 Å². The Hall–Kier alpha value is -2.08. The van der Waals surface area contributed by atoms with Crippen molar-refractivity contribution in [3.63, 3.8) is 0 Å². The van der Waals surface area contributed by atoms with E-state index in [1.807, 2.05) is 0 Å². The zero-order valence-corrected chi connectivity index (χ0v) is 9.13. The first-order chi connectivity index (χ1) is 8.24. The molecule has 5 nitrogen and oxygen atoms in total. The first-order valence-corrected chi connectivity index (χ1v) is 5.08. The van der Waals surface area contributed by atoms with Crippen molar-refractivity contribution >= 4 is 17.2 Å². The van der Waals surface area contributed by atoms with Gasteiger partial charge in [-0.05, 0) is 0 Å². The average Bonchev–Trinajstić information content (AvgIpc) is 2.71. The highest BCUT2D eigenvalue weighted by atomic mass is 35.5. The number of aromatic nitrogens is 5. The molecule has 3 rings (SSSR count). The Morgan fingerprint density at radius 3 is 2.88 bits per heavy atom. The van der Waals surface area contributed by atoms with Gasteiger partial charge in [0.15, 0.2) is 11.5 Å². The Labute approximate surface area is 99.9 Å². The molecule has 0 saturated heterocycles. The lowest BCUT2D eigenvalue weighted by atomic mass is 10.2. The normalized spacial score (nSPS) is 10.9. The van der Waals surface area contributed by atoms with Gasteiger partial charge in [0.1, 0.15) is 11.5 Å². The van der Waals surface area contributed by atoms with Crippen LogP contribution in [0.4, 0.5) is 4.39 Å². The number of halogens is 2. The lowest BCUT2D eigenvalue weighted by Crippen LogP contribution is -1.93. The molecule has 0 spiro atoms. The molecule has 0 N–H and O–H groups in total. The summed E-state index contributed by atoms with van der Waals surface area (Å²) in [7, 11) is 0. The number of hydrogen-bond donors (Lipinski definition) is 0. The quantitative estimate of drug-likeness (QED) is 0.619. The fraction of sp³-hybridized carbons (Fsp3) is 0. The monoisotopic (exact) mass is 249 g/mol. The minimum Gasteiger partial charge on any atom is -0.236 e. The number of nitrogens with zero attached hydrogens (tertiary/aromatic N) is 5. The summed E-state index contributed by atoms with van der Waals surface area (Å²) in [6, 6.07) is 1.60. The van der Waals surface area contributed by atoms with Crippen molar-refractivity contribution < 1.29 is 4.39 Å². The molecule has 17 heavy (non-hydrogen) atoms. The molecule has 0 saturated carbocycles. The van der Waals surface area contributed by atoms with Gasteiger partial charge in [0.05, 0.1) is 11.9 Å². The van der Waals surface area contributed by atoms with Gasteiger partial charge in [0.2, 0.25) is 0 Å². The molecule has 0 bridgehead atoms. The van der Waals surface area contributed by atoms with Crippen molar-refractivity contribution in [2.45, 2.75) is 0 Å². The van der Waals surface area contributed by atoms with E-state index in [4.69, 9.17) is 11.6 Å². The molecule has 0 aliphatic carbocycles. The zero-order valence-electron chi connectivity index (χ0n) is 8.38. The van der Waals surface area contributed by atoms with Crippen LogP contribution < -0.4 is 0 Å². The highest BCUT2D eigenvalue weighted by Gasteiger charge is 2.07. The van der Waals surface area contributed by atoms with Crippen LogP contribution in [0.15, 0.2) is 31.0 Å². The van der Waals surface area contributed by atoms with Gasteiger partial charge in [-0.15, -0.1) is 0 Å². The van der Waals surface area contributed by atoms with Crippen LogP contribution in [0.25, 0.3) is 16.9 Å². The standard InChI is InChI=1S/C10H5ClFN5/c11-9-1-8(14-5-15-9)6-2-13-10-7(12)3-16-17(10)4-6/h1-5H. The Morgan fingerprint density at radius 2 is 2.06 bits per heavy atom. The van der Waals surface area contributed by atoms with E-state index in [1.165, 1.54) is 17.0 Å². The molecule has 0 unspecified atom stereocenters. The van der Waals surface area contributed by atoms with Crippen LogP contribution in [-0.4, -0.2) is 24.6 Å². The van der Waals surface area contributed by atoms with Crippen LogP contribution >= 0.6 is 11.6 Å². The van der Waals surface area contributed by atoms with Crippen molar-refractivity contribution in [2.24, 2.45) is 0 Å². The van der Waals surface area contributed by atoms with E-state index in [0.29, 0.717) is 16.4 Å². The van der Waals surface area contributed by atoms with Crippen LogP contribution in [0, 0.1) is 5.82 Å². The first-order valence-electron chi connectivity index (χ1n) is 4.71. The topological polar surface area (TPSA) is 56.0 Å². The molecule has 84 valence electrons. The van der Waals surface area contributed by atoms with Gasteiger partial charge < -0.3 is 0 Å². The number of rotatable bonds is 1. The van der Waals surface area contributed by atoms with Crippen molar-refractivity contribution in [1.29, 1.82) is 0 Å². The molecule has 7 heteroatoms. The Kier molecular flexibility index (Phi) is 2.22. The fourth-order valence-corrected chi connectivity index (χ4v) is 1.62. The summed E-state index contributed by atoms with van der Waals surface area (Å²) in [5, 5.41) is 4.16. The molecule has 0 radical (unpaired) electrons. The van der Waals surface area contributed by atoms with Crippen molar-refractivity contribution in [3.8, 4) is 11.3 Å². The second-order valence-electron chi connectivity index (χ2n) is 3.33. The van der Waals surface area contributed by atoms with E-state index in [-0.39, 0.29) is 5.65 Å². The third-order valence-corrected chi connectivity index (χ3v) is 2.45. The maximum absolute atomic E-state index is 13.2. The van der Waals surface area contributed by atoms with Crippen LogP contribution in [0.5, 0.6) is 0 Å². The molecular formula is C10H5ClFN5. The van der Waals surface area contributed by atoms with Gasteiger partial charge in [0.25, 0.3) is 0 Å². The summed E-state index contributed by atoms with van der Waals surface area (Å²) in [4.78, 5) is 11.8. The van der Waals surface area contributed by atoms with E-state index in [0.717, 1.165) is 6.20 Å². The summed E-state index contributed by atoms with van der Waals surface area (Å²) in [6.07, 6.45) is 5.60. The lowest BCUT2D eigenvalue weighted by Gasteiger charge is -2.00. The van der Waals surface area contributed by atoms with E-state index < -0.39 is 5.82 Å². The highest BCUT2D eigenvalue weighted by Crippen LogP contribution is 2.18. The molecule has 0 amide bonds. The number of fused-ring (bicyclic) bond motifs is 1. The fourth-order valence-electron chi connectivity index (χ4n) is 1.47. The average molecular weight is 250 g/mol. The number of hydrogen-bond acceptors (Lipinski definition) is 4. The van der Waals surface area contributed by atoms with Crippen molar-refractivity contribution in [1.82, 2.24) is 24.6 Å². The molecule has 0 fully saturated rings. The molecule has 0 aromatic carbocycles. The van der Waals surface area contributed by atoms with E-state index in [9.17, 15) is 4.39 Å². The highest BCUT2D eigenvalue weighted by molar-refractivity contribution is 6.29. The Bertz CT molecular complexity index is 696. The maximum Gasteiger partial charge on any atom is 0.191 e. The Morgan fingerprint density at radius 1 is 1.18 bits per heavy atom. The first kappa shape index (κ1) is 10.1. The van der Waals surface area contributed by atoms with Crippen LogP contribution in [0.1, 0.15) is 0 Å². The smallest absolute Gasteiger partial charge is 0.191 e. The molecular weight excluding hydrogens is 245 g/mol. The third-order valence-electron chi connectivity index (χ3n) is 2.24. The summed E-state index contributed by atoms with van der Waals surface area (Å²) >= 11 is 5.76. The van der Waals surface area contributed by atoms with Gasteiger partial charge in [-0.1, -0.05) is 11.6 Å². The minimum atomic E-state index is -0.461. The van der Waals surface area contributed by atoms with Crippen LogP contribution in [0.3, 0.4) is 0 Å². The SMILES string of the molecule is Fc1cnn2cc(-c3cc(Cl)ncn3)cnc12. The van der Waals surface area contributed by atoms with Gasteiger partial charge in [-0.2, -0.15) is 5.10 Å².